The molecule has 2 rings (SSSR count). The van der Waals surface area contributed by atoms with Gasteiger partial charge in [-0.05, 0) is 25.0 Å². The van der Waals surface area contributed by atoms with Crippen LogP contribution in [0.3, 0.4) is 0 Å². The summed E-state index contributed by atoms with van der Waals surface area (Å²) in [6, 6.07) is 6.33. The number of sulfone groups is 1. The van der Waals surface area contributed by atoms with Gasteiger partial charge in [-0.3, -0.25) is 5.32 Å². The molecule has 0 heterocycles. The van der Waals surface area contributed by atoms with Gasteiger partial charge in [0.1, 0.15) is 11.5 Å². The first-order chi connectivity index (χ1) is 9.89. The molecule has 6 nitrogen and oxygen atoms in total. The number of nitrogens with one attached hydrogen (secondary N) is 1. The molecule has 0 spiro atoms. The highest BCUT2D eigenvalue weighted by atomic mass is 35.5. The first-order valence-electron chi connectivity index (χ1n) is 6.43. The molecule has 21 heavy (non-hydrogen) atoms. The number of halogens is 1. The largest absolute Gasteiger partial charge is 0.480 e. The molecule has 1 aliphatic carbocycles. The Morgan fingerprint density at radius 1 is 1.38 bits per heavy atom. The molecule has 1 aromatic carbocycles. The Balaban J connectivity index is 2.00. The van der Waals surface area contributed by atoms with E-state index in [2.05, 4.69) is 5.32 Å². The third-order valence-electron chi connectivity index (χ3n) is 3.26. The van der Waals surface area contributed by atoms with Gasteiger partial charge in [0.15, 0.2) is 9.84 Å². The monoisotopic (exact) mass is 333 g/mol. The van der Waals surface area contributed by atoms with Crippen molar-refractivity contribution in [2.75, 3.05) is 19.8 Å². The average molecular weight is 334 g/mol. The highest BCUT2D eigenvalue weighted by Crippen LogP contribution is 2.45. The molecular weight excluding hydrogens is 318 g/mol. The quantitative estimate of drug-likeness (QED) is 0.696. The summed E-state index contributed by atoms with van der Waals surface area (Å²) >= 11 is 5.96. The summed E-state index contributed by atoms with van der Waals surface area (Å²) in [4.78, 5) is 9.40. The van der Waals surface area contributed by atoms with Crippen LogP contribution in [0, 0.1) is 0 Å². The second kappa shape index (κ2) is 6.31. The summed E-state index contributed by atoms with van der Waals surface area (Å²) < 4.78 is 30.1. The minimum Gasteiger partial charge on any atom is -0.480 e. The van der Waals surface area contributed by atoms with E-state index in [0.29, 0.717) is 12.8 Å². The van der Waals surface area contributed by atoms with E-state index in [-0.39, 0.29) is 23.1 Å². The second-order valence-corrected chi connectivity index (χ2v) is 7.44. The van der Waals surface area contributed by atoms with E-state index in [1.165, 1.54) is 6.07 Å². The van der Waals surface area contributed by atoms with Crippen LogP contribution >= 0.6 is 11.6 Å². The van der Waals surface area contributed by atoms with Gasteiger partial charge < -0.3 is 9.84 Å². The van der Waals surface area contributed by atoms with E-state index < -0.39 is 27.3 Å². The summed E-state index contributed by atoms with van der Waals surface area (Å²) in [6.07, 6.45) is 0.999. The highest BCUT2D eigenvalue weighted by Gasteiger charge is 2.55. The number of rotatable bonds is 8. The lowest BCUT2D eigenvalue weighted by Gasteiger charge is -2.19. The van der Waals surface area contributed by atoms with Crippen LogP contribution in [0.25, 0.3) is 0 Å². The zero-order valence-electron chi connectivity index (χ0n) is 11.2. The molecule has 0 amide bonds. The van der Waals surface area contributed by atoms with Crippen molar-refractivity contribution in [3.05, 3.63) is 29.3 Å². The van der Waals surface area contributed by atoms with Crippen molar-refractivity contribution in [3.63, 3.8) is 0 Å². The molecule has 8 heteroatoms. The van der Waals surface area contributed by atoms with Crippen LogP contribution in [-0.4, -0.2) is 44.1 Å². The Morgan fingerprint density at radius 3 is 2.62 bits per heavy atom. The van der Waals surface area contributed by atoms with Crippen LogP contribution in [0.5, 0.6) is 0 Å². The van der Waals surface area contributed by atoms with Gasteiger partial charge in [0.05, 0.1) is 16.5 Å². The van der Waals surface area contributed by atoms with Gasteiger partial charge in [-0.15, -0.1) is 0 Å². The molecule has 0 saturated heterocycles. The van der Waals surface area contributed by atoms with Gasteiger partial charge in [-0.1, -0.05) is 23.7 Å². The van der Waals surface area contributed by atoms with Crippen molar-refractivity contribution < 1.29 is 23.1 Å². The second-order valence-electron chi connectivity index (χ2n) is 4.80. The van der Waals surface area contributed by atoms with Crippen molar-refractivity contribution in [2.45, 2.75) is 22.6 Å². The average Bonchev–Trinajstić information content (AvgIpc) is 3.20. The molecule has 1 aromatic rings. The summed E-state index contributed by atoms with van der Waals surface area (Å²) in [5.41, 5.74) is 0. The van der Waals surface area contributed by atoms with Crippen molar-refractivity contribution >= 4 is 27.4 Å². The van der Waals surface area contributed by atoms with Crippen LogP contribution in [0.4, 0.5) is 0 Å². The van der Waals surface area contributed by atoms with Gasteiger partial charge in [0, 0.05) is 6.54 Å². The Bertz CT molecular complexity index is 627. The fourth-order valence-electron chi connectivity index (χ4n) is 2.04. The fraction of sp³-hybridized carbons (Fsp3) is 0.462. The number of benzene rings is 1. The summed E-state index contributed by atoms with van der Waals surface area (Å²) in [5, 5.41) is 11.6. The maximum atomic E-state index is 12.6. The summed E-state index contributed by atoms with van der Waals surface area (Å²) in [7, 11) is -3.58. The van der Waals surface area contributed by atoms with Gasteiger partial charge >= 0.3 is 5.97 Å². The number of ether oxygens (including phenoxy) is 1. The molecule has 0 unspecified atom stereocenters. The van der Waals surface area contributed by atoms with Crippen LogP contribution in [0.2, 0.25) is 5.02 Å². The fourth-order valence-corrected chi connectivity index (χ4v) is 4.41. The Labute approximate surface area is 128 Å². The lowest BCUT2D eigenvalue weighted by atomic mass is 10.4. The molecular formula is C13H16ClNO5S. The minimum absolute atomic E-state index is 0.114. The maximum absolute atomic E-state index is 12.6. The van der Waals surface area contributed by atoms with Gasteiger partial charge in [0.25, 0.3) is 0 Å². The third-order valence-corrected chi connectivity index (χ3v) is 6.22. The Morgan fingerprint density at radius 2 is 2.05 bits per heavy atom. The van der Waals surface area contributed by atoms with Gasteiger partial charge in [-0.2, -0.15) is 0 Å². The van der Waals surface area contributed by atoms with E-state index >= 15 is 0 Å². The number of carboxylic acids is 1. The van der Waals surface area contributed by atoms with Crippen molar-refractivity contribution in [1.82, 2.24) is 5.32 Å². The molecule has 0 atom stereocenters. The number of carboxylic acid groups (broad SMARTS) is 1. The number of aliphatic carboxylic acids is 1. The zero-order valence-corrected chi connectivity index (χ0v) is 12.8. The van der Waals surface area contributed by atoms with Crippen molar-refractivity contribution in [2.24, 2.45) is 0 Å². The van der Waals surface area contributed by atoms with Crippen molar-refractivity contribution in [1.29, 1.82) is 0 Å². The number of carbonyl (C=O) groups is 1. The van der Waals surface area contributed by atoms with E-state index in [1.54, 1.807) is 18.2 Å². The maximum Gasteiger partial charge on any atom is 0.329 e. The number of hydrogen-bond acceptors (Lipinski definition) is 5. The Hall–Kier alpha value is -1.15. The smallest absolute Gasteiger partial charge is 0.329 e. The SMILES string of the molecule is O=C(O)COCCNC1(S(=O)(=O)c2ccccc2Cl)CC1. The van der Waals surface area contributed by atoms with E-state index in [1.807, 2.05) is 0 Å². The topological polar surface area (TPSA) is 92.7 Å². The molecule has 116 valence electrons. The molecule has 0 radical (unpaired) electrons. The standard InChI is InChI=1S/C13H16ClNO5S/c14-10-3-1-2-4-11(10)21(18,19)13(5-6-13)15-7-8-20-9-12(16)17/h1-4,15H,5-9H2,(H,16,17). The minimum atomic E-state index is -3.58. The normalized spacial score (nSPS) is 16.6. The van der Waals surface area contributed by atoms with E-state index in [9.17, 15) is 13.2 Å². The van der Waals surface area contributed by atoms with Gasteiger partial charge in [-0.25, -0.2) is 13.2 Å². The first-order valence-corrected chi connectivity index (χ1v) is 8.29. The third kappa shape index (κ3) is 3.55. The predicted octanol–water partition coefficient (Wildman–Crippen LogP) is 1.29. The number of hydrogen-bond donors (Lipinski definition) is 2. The lowest BCUT2D eigenvalue weighted by molar-refractivity contribution is -0.142. The van der Waals surface area contributed by atoms with Crippen LogP contribution in [0.1, 0.15) is 12.8 Å². The van der Waals surface area contributed by atoms with Crippen molar-refractivity contribution in [3.8, 4) is 0 Å². The molecule has 2 N–H and O–H groups in total. The molecule has 1 saturated carbocycles. The molecule has 1 aliphatic rings. The van der Waals surface area contributed by atoms with Crippen LogP contribution in [-0.2, 0) is 19.4 Å². The Kier molecular flexibility index (Phi) is 4.88. The predicted molar refractivity (Wildman–Crippen MR) is 77.1 cm³/mol. The molecule has 1 fully saturated rings. The van der Waals surface area contributed by atoms with E-state index in [0.717, 1.165) is 0 Å². The zero-order chi connectivity index (χ0) is 15.5. The molecule has 0 aromatic heterocycles. The lowest BCUT2D eigenvalue weighted by Crippen LogP contribution is -2.41. The van der Waals surface area contributed by atoms with Crippen LogP contribution < -0.4 is 5.32 Å². The molecule has 0 bridgehead atoms. The van der Waals surface area contributed by atoms with E-state index in [4.69, 9.17) is 21.4 Å². The van der Waals surface area contributed by atoms with Crippen LogP contribution in [0.15, 0.2) is 29.2 Å². The van der Waals surface area contributed by atoms with Gasteiger partial charge in [0.2, 0.25) is 0 Å². The summed E-state index contributed by atoms with van der Waals surface area (Å²) in [6.45, 7) is -0.00496. The summed E-state index contributed by atoms with van der Waals surface area (Å²) in [5.74, 6) is -1.06. The molecule has 0 aliphatic heterocycles. The first kappa shape index (κ1) is 16.2. The highest BCUT2D eigenvalue weighted by molar-refractivity contribution is 7.93.